The van der Waals surface area contributed by atoms with Crippen LogP contribution in [0.2, 0.25) is 10.0 Å². The Morgan fingerprint density at radius 3 is 2.29 bits per heavy atom. The lowest BCUT2D eigenvalue weighted by molar-refractivity contribution is 0.0740. The van der Waals surface area contributed by atoms with Crippen molar-refractivity contribution in [2.24, 2.45) is 0 Å². The van der Waals surface area contributed by atoms with E-state index in [9.17, 15) is 4.79 Å². The molecule has 1 aliphatic rings. The molecule has 0 spiro atoms. The number of nitrogens with zero attached hydrogens (tertiary/aromatic N) is 2. The van der Waals surface area contributed by atoms with E-state index in [0.29, 0.717) is 22.3 Å². The van der Waals surface area contributed by atoms with Crippen molar-refractivity contribution in [2.45, 2.75) is 32.2 Å². The van der Waals surface area contributed by atoms with E-state index in [-0.39, 0.29) is 11.9 Å². The van der Waals surface area contributed by atoms with Crippen molar-refractivity contribution < 1.29 is 4.79 Å². The van der Waals surface area contributed by atoms with Crippen molar-refractivity contribution in [3.8, 4) is 11.3 Å². The lowest BCUT2D eigenvalue weighted by Crippen LogP contribution is -2.30. The van der Waals surface area contributed by atoms with Crippen LogP contribution >= 0.6 is 23.2 Å². The summed E-state index contributed by atoms with van der Waals surface area (Å²) in [6.07, 6.45) is 3.17. The third kappa shape index (κ3) is 3.43. The van der Waals surface area contributed by atoms with Gasteiger partial charge in [0.1, 0.15) is 5.69 Å². The standard InChI is InChI=1S/C22H21Cl2N3O/c1-2-3-4-13-27-21(15-7-11-17(24)12-8-15)18-19(25-26-20(18)22(27)28)14-5-9-16(23)10-6-14/h5-12,21H,2-4,13H2,1H3,(H,25,26). The normalized spacial score (nSPS) is 15.9. The lowest BCUT2D eigenvalue weighted by Gasteiger charge is -2.26. The summed E-state index contributed by atoms with van der Waals surface area (Å²) >= 11 is 12.1. The number of benzene rings is 2. The maximum Gasteiger partial charge on any atom is 0.273 e. The summed E-state index contributed by atoms with van der Waals surface area (Å²) in [4.78, 5) is 15.1. The summed E-state index contributed by atoms with van der Waals surface area (Å²) in [7, 11) is 0. The first-order chi connectivity index (χ1) is 13.6. The first-order valence-corrected chi connectivity index (χ1v) is 10.3. The highest BCUT2D eigenvalue weighted by Gasteiger charge is 2.41. The molecule has 0 saturated heterocycles. The van der Waals surface area contributed by atoms with Crippen LogP contribution in [0.5, 0.6) is 0 Å². The van der Waals surface area contributed by atoms with Gasteiger partial charge in [-0.2, -0.15) is 5.10 Å². The quantitative estimate of drug-likeness (QED) is 0.494. The number of aromatic amines is 1. The number of aromatic nitrogens is 2. The second-order valence-electron chi connectivity index (χ2n) is 7.03. The fourth-order valence-electron chi connectivity index (χ4n) is 3.78. The summed E-state index contributed by atoms with van der Waals surface area (Å²) in [6, 6.07) is 15.1. The van der Waals surface area contributed by atoms with Crippen molar-refractivity contribution in [3.05, 3.63) is 75.4 Å². The van der Waals surface area contributed by atoms with Crippen LogP contribution in [-0.2, 0) is 0 Å². The van der Waals surface area contributed by atoms with Crippen LogP contribution in [-0.4, -0.2) is 27.5 Å². The Hall–Kier alpha value is -2.30. The molecular formula is C22H21Cl2N3O. The molecule has 1 atom stereocenters. The number of nitrogens with one attached hydrogen (secondary N) is 1. The van der Waals surface area contributed by atoms with Gasteiger partial charge in [-0.1, -0.05) is 67.2 Å². The van der Waals surface area contributed by atoms with Crippen LogP contribution in [0.1, 0.15) is 53.8 Å². The largest absolute Gasteiger partial charge is 0.326 e. The zero-order valence-corrected chi connectivity index (χ0v) is 17.1. The van der Waals surface area contributed by atoms with Gasteiger partial charge in [0, 0.05) is 27.7 Å². The maximum absolute atomic E-state index is 13.1. The van der Waals surface area contributed by atoms with Crippen LogP contribution in [0.4, 0.5) is 0 Å². The summed E-state index contributed by atoms with van der Waals surface area (Å²) in [6.45, 7) is 2.87. The Labute approximate surface area is 174 Å². The number of carbonyl (C=O) groups is 1. The van der Waals surface area contributed by atoms with Gasteiger partial charge < -0.3 is 4.90 Å². The third-order valence-corrected chi connectivity index (χ3v) is 5.67. The number of unbranched alkanes of at least 4 members (excludes halogenated alkanes) is 2. The smallest absolute Gasteiger partial charge is 0.273 e. The van der Waals surface area contributed by atoms with Crippen LogP contribution in [0.3, 0.4) is 0 Å². The molecule has 1 amide bonds. The van der Waals surface area contributed by atoms with Gasteiger partial charge in [-0.15, -0.1) is 0 Å². The van der Waals surface area contributed by atoms with Crippen molar-refractivity contribution in [1.29, 1.82) is 0 Å². The van der Waals surface area contributed by atoms with E-state index in [1.807, 2.05) is 53.4 Å². The molecule has 4 nitrogen and oxygen atoms in total. The van der Waals surface area contributed by atoms with Gasteiger partial charge in [-0.25, -0.2) is 0 Å². The third-order valence-electron chi connectivity index (χ3n) is 5.17. The zero-order chi connectivity index (χ0) is 19.7. The Bertz CT molecular complexity index is 980. The Morgan fingerprint density at radius 1 is 1.00 bits per heavy atom. The first kappa shape index (κ1) is 19.0. The Kier molecular flexibility index (Phi) is 5.42. The van der Waals surface area contributed by atoms with Gasteiger partial charge in [0.05, 0.1) is 11.7 Å². The van der Waals surface area contributed by atoms with Gasteiger partial charge >= 0.3 is 0 Å². The number of rotatable bonds is 6. The van der Waals surface area contributed by atoms with E-state index in [2.05, 4.69) is 17.1 Å². The highest BCUT2D eigenvalue weighted by molar-refractivity contribution is 6.30. The van der Waals surface area contributed by atoms with E-state index < -0.39 is 0 Å². The van der Waals surface area contributed by atoms with Crippen molar-refractivity contribution in [2.75, 3.05) is 6.54 Å². The highest BCUT2D eigenvalue weighted by Crippen LogP contribution is 2.43. The average Bonchev–Trinajstić information content (AvgIpc) is 3.23. The molecule has 0 radical (unpaired) electrons. The van der Waals surface area contributed by atoms with Crippen LogP contribution < -0.4 is 0 Å². The zero-order valence-electron chi connectivity index (χ0n) is 15.6. The molecular weight excluding hydrogens is 393 g/mol. The molecule has 4 rings (SSSR count). The average molecular weight is 414 g/mol. The molecule has 1 N–H and O–H groups in total. The lowest BCUT2D eigenvalue weighted by atomic mass is 9.96. The van der Waals surface area contributed by atoms with Crippen LogP contribution in [0, 0.1) is 0 Å². The van der Waals surface area contributed by atoms with Gasteiger partial charge in [0.15, 0.2) is 0 Å². The van der Waals surface area contributed by atoms with Gasteiger partial charge in [0.25, 0.3) is 5.91 Å². The molecule has 2 heterocycles. The molecule has 0 fully saturated rings. The fourth-order valence-corrected chi connectivity index (χ4v) is 4.03. The predicted octanol–water partition coefficient (Wildman–Crippen LogP) is 6.12. The number of hydrogen-bond acceptors (Lipinski definition) is 2. The molecule has 1 aliphatic heterocycles. The van der Waals surface area contributed by atoms with Gasteiger partial charge in [-0.05, 0) is 36.2 Å². The predicted molar refractivity (Wildman–Crippen MR) is 113 cm³/mol. The Morgan fingerprint density at radius 2 is 1.64 bits per heavy atom. The maximum atomic E-state index is 13.1. The molecule has 6 heteroatoms. The molecule has 1 aromatic heterocycles. The van der Waals surface area contributed by atoms with Crippen molar-refractivity contribution in [1.82, 2.24) is 15.1 Å². The second kappa shape index (κ2) is 7.98. The van der Waals surface area contributed by atoms with Crippen LogP contribution in [0.15, 0.2) is 48.5 Å². The Balaban J connectivity index is 1.80. The summed E-state index contributed by atoms with van der Waals surface area (Å²) in [5, 5.41) is 8.80. The second-order valence-corrected chi connectivity index (χ2v) is 7.90. The van der Waals surface area contributed by atoms with Crippen molar-refractivity contribution >= 4 is 29.1 Å². The van der Waals surface area contributed by atoms with E-state index in [0.717, 1.165) is 41.6 Å². The number of hydrogen-bond donors (Lipinski definition) is 1. The van der Waals surface area contributed by atoms with Gasteiger partial charge in [-0.3, -0.25) is 9.89 Å². The summed E-state index contributed by atoms with van der Waals surface area (Å²) in [5.74, 6) is -0.00114. The SMILES string of the molecule is CCCCCN1C(=O)c2[nH]nc(-c3ccc(Cl)cc3)c2C1c1ccc(Cl)cc1. The minimum Gasteiger partial charge on any atom is -0.326 e. The van der Waals surface area contributed by atoms with Gasteiger partial charge in [0.2, 0.25) is 0 Å². The molecule has 144 valence electrons. The monoisotopic (exact) mass is 413 g/mol. The molecule has 1 unspecified atom stereocenters. The number of halogens is 2. The van der Waals surface area contributed by atoms with E-state index in [1.54, 1.807) is 0 Å². The molecule has 28 heavy (non-hydrogen) atoms. The van der Waals surface area contributed by atoms with E-state index >= 15 is 0 Å². The number of carbonyl (C=O) groups excluding carboxylic acids is 1. The molecule has 0 aliphatic carbocycles. The molecule has 0 bridgehead atoms. The highest BCUT2D eigenvalue weighted by atomic mass is 35.5. The summed E-state index contributed by atoms with van der Waals surface area (Å²) < 4.78 is 0. The van der Waals surface area contributed by atoms with Crippen molar-refractivity contribution in [3.63, 3.8) is 0 Å². The van der Waals surface area contributed by atoms with Crippen LogP contribution in [0.25, 0.3) is 11.3 Å². The fraction of sp³-hybridized carbons (Fsp3) is 0.273. The first-order valence-electron chi connectivity index (χ1n) is 9.50. The number of amides is 1. The minimum absolute atomic E-state index is 0.00114. The summed E-state index contributed by atoms with van der Waals surface area (Å²) in [5.41, 5.74) is 4.25. The molecule has 0 saturated carbocycles. The number of H-pyrrole nitrogens is 1. The molecule has 2 aromatic carbocycles. The topological polar surface area (TPSA) is 49.0 Å². The number of fused-ring (bicyclic) bond motifs is 1. The minimum atomic E-state index is -0.180. The van der Waals surface area contributed by atoms with E-state index in [1.165, 1.54) is 0 Å². The molecule has 3 aromatic rings. The van der Waals surface area contributed by atoms with E-state index in [4.69, 9.17) is 23.2 Å².